The van der Waals surface area contributed by atoms with Crippen molar-refractivity contribution >= 4 is 28.7 Å². The van der Waals surface area contributed by atoms with Gasteiger partial charge < -0.3 is 15.1 Å². The number of aromatic nitrogens is 4. The van der Waals surface area contributed by atoms with Crippen LogP contribution in [0.5, 0.6) is 0 Å². The first-order chi connectivity index (χ1) is 17.0. The predicted molar refractivity (Wildman–Crippen MR) is 137 cm³/mol. The van der Waals surface area contributed by atoms with Gasteiger partial charge in [0.1, 0.15) is 6.54 Å². The van der Waals surface area contributed by atoms with Crippen LogP contribution in [-0.2, 0) is 17.8 Å². The predicted octanol–water partition coefficient (Wildman–Crippen LogP) is 2.73. The third-order valence-electron chi connectivity index (χ3n) is 6.40. The summed E-state index contributed by atoms with van der Waals surface area (Å²) in [6.07, 6.45) is 4.13. The lowest BCUT2D eigenvalue weighted by atomic mass is 10.1. The molecule has 1 aliphatic rings. The quantitative estimate of drug-likeness (QED) is 0.465. The molecule has 0 unspecified atom stereocenters. The summed E-state index contributed by atoms with van der Waals surface area (Å²) in [4.78, 5) is 34.5. The van der Waals surface area contributed by atoms with Crippen molar-refractivity contribution in [3.8, 4) is 0 Å². The number of fused-ring (bicyclic) bond motifs is 1. The molecule has 0 atom stereocenters. The van der Waals surface area contributed by atoms with Crippen LogP contribution in [0.3, 0.4) is 0 Å². The number of rotatable bonds is 6. The molecule has 0 spiro atoms. The van der Waals surface area contributed by atoms with Gasteiger partial charge in [0, 0.05) is 49.9 Å². The second-order valence-electron chi connectivity index (χ2n) is 8.79. The number of piperazine rings is 1. The smallest absolute Gasteiger partial charge is 0.350 e. The van der Waals surface area contributed by atoms with Crippen LogP contribution in [0.2, 0.25) is 0 Å². The summed E-state index contributed by atoms with van der Waals surface area (Å²) in [5, 5.41) is 7.31. The third kappa shape index (κ3) is 4.75. The van der Waals surface area contributed by atoms with Gasteiger partial charge in [0.25, 0.3) is 0 Å². The molecule has 0 radical (unpaired) electrons. The molecule has 5 rings (SSSR count). The monoisotopic (exact) mass is 471 g/mol. The Hall–Kier alpha value is -4.14. The van der Waals surface area contributed by atoms with Crippen LogP contribution in [-0.4, -0.2) is 51.3 Å². The zero-order valence-electron chi connectivity index (χ0n) is 20.0. The number of carbonyl (C=O) groups is 1. The van der Waals surface area contributed by atoms with Gasteiger partial charge in [0.15, 0.2) is 5.82 Å². The summed E-state index contributed by atoms with van der Waals surface area (Å²) in [6.45, 7) is 7.20. The van der Waals surface area contributed by atoms with E-state index in [2.05, 4.69) is 63.3 Å². The number of benzene rings is 2. The molecule has 1 saturated heterocycles. The second kappa shape index (κ2) is 9.61. The lowest BCUT2D eigenvalue weighted by Gasteiger charge is -2.36. The summed E-state index contributed by atoms with van der Waals surface area (Å²) in [5.74, 6) is 0.350. The topological polar surface area (TPSA) is 87.8 Å². The molecule has 4 aromatic rings. The molecule has 9 heteroatoms. The number of hydrogen-bond acceptors (Lipinski definition) is 6. The first kappa shape index (κ1) is 22.6. The van der Waals surface area contributed by atoms with E-state index < -0.39 is 0 Å². The van der Waals surface area contributed by atoms with E-state index in [1.165, 1.54) is 25.9 Å². The second-order valence-corrected chi connectivity index (χ2v) is 8.79. The number of amides is 1. The lowest BCUT2D eigenvalue weighted by molar-refractivity contribution is -0.117. The highest BCUT2D eigenvalue weighted by Gasteiger charge is 2.23. The Balaban J connectivity index is 1.30. The van der Waals surface area contributed by atoms with Crippen LogP contribution < -0.4 is 20.8 Å². The number of aryl methyl sites for hydroxylation is 2. The highest BCUT2D eigenvalue weighted by molar-refractivity contribution is 5.90. The molecular formula is C26H29N7O2. The molecule has 0 aliphatic carbocycles. The molecule has 3 heterocycles. The van der Waals surface area contributed by atoms with E-state index in [0.29, 0.717) is 17.2 Å². The average Bonchev–Trinajstić information content (AvgIpc) is 3.20. The van der Waals surface area contributed by atoms with E-state index in [0.717, 1.165) is 32.6 Å². The van der Waals surface area contributed by atoms with Crippen molar-refractivity contribution in [3.63, 3.8) is 0 Å². The minimum absolute atomic E-state index is 0.170. The summed E-state index contributed by atoms with van der Waals surface area (Å²) in [7, 11) is 0. The van der Waals surface area contributed by atoms with Crippen molar-refractivity contribution in [2.24, 2.45) is 0 Å². The molecule has 2 aromatic carbocycles. The summed E-state index contributed by atoms with van der Waals surface area (Å²) in [5.41, 5.74) is 4.43. The Morgan fingerprint density at radius 3 is 2.34 bits per heavy atom. The van der Waals surface area contributed by atoms with Crippen molar-refractivity contribution in [3.05, 3.63) is 82.5 Å². The van der Waals surface area contributed by atoms with Crippen LogP contribution in [0, 0.1) is 6.92 Å². The zero-order valence-corrected chi connectivity index (χ0v) is 20.0. The average molecular weight is 472 g/mol. The fourth-order valence-corrected chi connectivity index (χ4v) is 4.35. The van der Waals surface area contributed by atoms with Crippen LogP contribution >= 0.6 is 0 Å². The Labute approximate surface area is 203 Å². The summed E-state index contributed by atoms with van der Waals surface area (Å²) < 4.78 is 2.65. The summed E-state index contributed by atoms with van der Waals surface area (Å²) in [6, 6.07) is 16.2. The number of hydrogen-bond donors (Lipinski definition) is 1. The normalized spacial score (nSPS) is 13.9. The van der Waals surface area contributed by atoms with Crippen molar-refractivity contribution in [1.82, 2.24) is 19.2 Å². The van der Waals surface area contributed by atoms with Crippen molar-refractivity contribution < 1.29 is 4.79 Å². The van der Waals surface area contributed by atoms with Gasteiger partial charge in [-0.1, -0.05) is 36.8 Å². The van der Waals surface area contributed by atoms with E-state index in [-0.39, 0.29) is 18.1 Å². The molecule has 1 N–H and O–H groups in total. The Morgan fingerprint density at radius 1 is 0.971 bits per heavy atom. The molecular weight excluding hydrogens is 442 g/mol. The van der Waals surface area contributed by atoms with E-state index >= 15 is 0 Å². The zero-order chi connectivity index (χ0) is 24.4. The molecule has 2 aromatic heterocycles. The largest absolute Gasteiger partial charge is 0.368 e. The van der Waals surface area contributed by atoms with Crippen LogP contribution in [0.15, 0.2) is 65.7 Å². The van der Waals surface area contributed by atoms with Crippen molar-refractivity contribution in [2.45, 2.75) is 26.8 Å². The van der Waals surface area contributed by atoms with E-state index in [9.17, 15) is 9.59 Å². The SMILES string of the molecule is CCc1ccc(NC(=O)Cn2nc3c(N4CCN(c5ccc(C)cc5)CC4)nccn3c2=O)cc1. The summed E-state index contributed by atoms with van der Waals surface area (Å²) >= 11 is 0. The maximum absolute atomic E-state index is 12.9. The molecule has 0 saturated carbocycles. The molecule has 180 valence electrons. The molecule has 9 nitrogen and oxygen atoms in total. The third-order valence-corrected chi connectivity index (χ3v) is 6.40. The number of carbonyl (C=O) groups excluding carboxylic acids is 1. The van der Waals surface area contributed by atoms with Crippen molar-refractivity contribution in [1.29, 1.82) is 0 Å². The molecule has 1 fully saturated rings. The van der Waals surface area contributed by atoms with Gasteiger partial charge in [0.2, 0.25) is 11.6 Å². The Bertz CT molecular complexity index is 1380. The van der Waals surface area contributed by atoms with Gasteiger partial charge in [-0.2, -0.15) is 0 Å². The van der Waals surface area contributed by atoms with Gasteiger partial charge in [-0.3, -0.25) is 4.79 Å². The Morgan fingerprint density at radius 2 is 1.66 bits per heavy atom. The highest BCUT2D eigenvalue weighted by Crippen LogP contribution is 2.21. The van der Waals surface area contributed by atoms with Crippen LogP contribution in [0.1, 0.15) is 18.1 Å². The number of anilines is 3. The first-order valence-electron chi connectivity index (χ1n) is 11.9. The van der Waals surface area contributed by atoms with E-state index in [1.54, 1.807) is 12.4 Å². The van der Waals surface area contributed by atoms with Gasteiger partial charge >= 0.3 is 5.69 Å². The maximum Gasteiger partial charge on any atom is 0.350 e. The van der Waals surface area contributed by atoms with Gasteiger partial charge in [-0.25, -0.2) is 18.9 Å². The maximum atomic E-state index is 12.9. The Kier molecular flexibility index (Phi) is 6.22. The van der Waals surface area contributed by atoms with Gasteiger partial charge in [-0.15, -0.1) is 5.10 Å². The minimum Gasteiger partial charge on any atom is -0.368 e. The lowest BCUT2D eigenvalue weighted by Crippen LogP contribution is -2.47. The van der Waals surface area contributed by atoms with E-state index in [4.69, 9.17) is 0 Å². The standard InChI is InChI=1S/C26H29N7O2/c1-3-20-6-8-21(9-7-20)28-23(34)18-33-26(35)32-13-12-27-24(25(32)29-33)31-16-14-30(15-17-31)22-10-4-19(2)5-11-22/h4-13H,3,14-18H2,1-2H3,(H,28,34). The van der Waals surface area contributed by atoms with Gasteiger partial charge in [-0.05, 0) is 43.2 Å². The highest BCUT2D eigenvalue weighted by atomic mass is 16.2. The molecule has 35 heavy (non-hydrogen) atoms. The first-order valence-corrected chi connectivity index (χ1v) is 11.9. The minimum atomic E-state index is -0.363. The fraction of sp³-hybridized carbons (Fsp3) is 0.308. The molecule has 1 aliphatic heterocycles. The number of nitrogens with zero attached hydrogens (tertiary/aromatic N) is 6. The van der Waals surface area contributed by atoms with Crippen molar-refractivity contribution in [2.75, 3.05) is 41.3 Å². The molecule has 0 bridgehead atoms. The number of nitrogens with one attached hydrogen (secondary N) is 1. The fourth-order valence-electron chi connectivity index (χ4n) is 4.35. The van der Waals surface area contributed by atoms with Crippen LogP contribution in [0.25, 0.3) is 5.65 Å². The van der Waals surface area contributed by atoms with Gasteiger partial charge in [0.05, 0.1) is 0 Å². The molecule has 1 amide bonds. The van der Waals surface area contributed by atoms with Crippen LogP contribution in [0.4, 0.5) is 17.2 Å². The van der Waals surface area contributed by atoms with E-state index in [1.807, 2.05) is 24.3 Å².